The van der Waals surface area contributed by atoms with Crippen LogP contribution in [0.15, 0.2) is 0 Å². The molecule has 1 fully saturated rings. The maximum atomic E-state index is 10.8. The standard InChI is InChI=1S/C9H16NO/c1-8(11)10-9(2)6-4-3-5-7-9/h3H,4-7H2,1-2H3,(H,10,11). The second kappa shape index (κ2) is 3.24. The Morgan fingerprint density at radius 1 is 1.45 bits per heavy atom. The highest BCUT2D eigenvalue weighted by Crippen LogP contribution is 2.26. The van der Waals surface area contributed by atoms with Crippen molar-refractivity contribution in [2.45, 2.75) is 45.1 Å². The van der Waals surface area contributed by atoms with Gasteiger partial charge in [0.15, 0.2) is 0 Å². The van der Waals surface area contributed by atoms with E-state index in [1.165, 1.54) is 0 Å². The van der Waals surface area contributed by atoms with Gasteiger partial charge in [0.2, 0.25) is 5.91 Å². The highest BCUT2D eigenvalue weighted by Gasteiger charge is 2.26. The van der Waals surface area contributed by atoms with Crippen molar-refractivity contribution >= 4 is 5.91 Å². The molecule has 0 atom stereocenters. The van der Waals surface area contributed by atoms with Crippen LogP contribution in [-0.4, -0.2) is 11.4 Å². The van der Waals surface area contributed by atoms with E-state index in [1.54, 1.807) is 6.92 Å². The second-order valence-corrected chi connectivity index (χ2v) is 3.61. The number of nitrogens with one attached hydrogen (secondary N) is 1. The molecule has 1 radical (unpaired) electrons. The monoisotopic (exact) mass is 154 g/mol. The lowest BCUT2D eigenvalue weighted by molar-refractivity contribution is -0.120. The van der Waals surface area contributed by atoms with Gasteiger partial charge in [-0.2, -0.15) is 0 Å². The average molecular weight is 154 g/mol. The van der Waals surface area contributed by atoms with Gasteiger partial charge < -0.3 is 5.32 Å². The normalized spacial score (nSPS) is 22.7. The lowest BCUT2D eigenvalue weighted by Gasteiger charge is -2.33. The van der Waals surface area contributed by atoms with E-state index < -0.39 is 0 Å². The Labute approximate surface area is 68.4 Å². The van der Waals surface area contributed by atoms with Crippen molar-refractivity contribution in [3.8, 4) is 0 Å². The van der Waals surface area contributed by atoms with Crippen LogP contribution in [-0.2, 0) is 4.79 Å². The maximum Gasteiger partial charge on any atom is 0.217 e. The van der Waals surface area contributed by atoms with E-state index in [4.69, 9.17) is 0 Å². The zero-order valence-corrected chi connectivity index (χ0v) is 7.31. The molecule has 1 rings (SSSR count). The van der Waals surface area contributed by atoms with Crippen molar-refractivity contribution in [2.75, 3.05) is 0 Å². The van der Waals surface area contributed by atoms with Gasteiger partial charge in [0.05, 0.1) is 0 Å². The fraction of sp³-hybridized carbons (Fsp3) is 0.778. The smallest absolute Gasteiger partial charge is 0.217 e. The van der Waals surface area contributed by atoms with Gasteiger partial charge in [-0.3, -0.25) is 4.79 Å². The van der Waals surface area contributed by atoms with Gasteiger partial charge in [0.25, 0.3) is 0 Å². The van der Waals surface area contributed by atoms with E-state index in [0.717, 1.165) is 25.7 Å². The summed E-state index contributed by atoms with van der Waals surface area (Å²) in [6, 6.07) is 0. The number of carbonyl (C=O) groups excluding carboxylic acids is 1. The Balaban J connectivity index is 2.43. The van der Waals surface area contributed by atoms with Crippen molar-refractivity contribution in [3.63, 3.8) is 0 Å². The number of rotatable bonds is 1. The Morgan fingerprint density at radius 2 is 2.00 bits per heavy atom. The number of hydrogen-bond acceptors (Lipinski definition) is 1. The molecule has 0 unspecified atom stereocenters. The first kappa shape index (κ1) is 8.57. The van der Waals surface area contributed by atoms with Gasteiger partial charge in [-0.15, -0.1) is 0 Å². The van der Waals surface area contributed by atoms with Crippen LogP contribution in [0.4, 0.5) is 0 Å². The summed E-state index contributed by atoms with van der Waals surface area (Å²) < 4.78 is 0. The SMILES string of the molecule is CC(=O)NC1(C)CC[CH]CC1. The summed E-state index contributed by atoms with van der Waals surface area (Å²) in [4.78, 5) is 10.8. The van der Waals surface area contributed by atoms with Crippen molar-refractivity contribution < 1.29 is 4.79 Å². The van der Waals surface area contributed by atoms with Crippen LogP contribution in [0.3, 0.4) is 0 Å². The molecular formula is C9H16NO. The van der Waals surface area contributed by atoms with Gasteiger partial charge in [0, 0.05) is 12.5 Å². The zero-order chi connectivity index (χ0) is 8.32. The van der Waals surface area contributed by atoms with Crippen LogP contribution in [0.25, 0.3) is 0 Å². The minimum absolute atomic E-state index is 0.0700. The third kappa shape index (κ3) is 2.52. The Kier molecular flexibility index (Phi) is 2.53. The van der Waals surface area contributed by atoms with Crippen molar-refractivity contribution in [1.29, 1.82) is 0 Å². The fourth-order valence-electron chi connectivity index (χ4n) is 1.66. The molecule has 0 saturated heterocycles. The Hall–Kier alpha value is -0.530. The Morgan fingerprint density at radius 3 is 2.45 bits per heavy atom. The number of amides is 1. The van der Waals surface area contributed by atoms with Crippen molar-refractivity contribution in [3.05, 3.63) is 6.42 Å². The second-order valence-electron chi connectivity index (χ2n) is 3.61. The lowest BCUT2D eigenvalue weighted by atomic mass is 9.83. The maximum absolute atomic E-state index is 10.8. The third-order valence-corrected chi connectivity index (χ3v) is 2.28. The molecule has 1 N–H and O–H groups in total. The summed E-state index contributed by atoms with van der Waals surface area (Å²) in [5.74, 6) is 0.0920. The fourth-order valence-corrected chi connectivity index (χ4v) is 1.66. The summed E-state index contributed by atoms with van der Waals surface area (Å²) in [7, 11) is 0. The van der Waals surface area contributed by atoms with Crippen LogP contribution in [0.5, 0.6) is 0 Å². The number of carbonyl (C=O) groups is 1. The molecule has 63 valence electrons. The minimum Gasteiger partial charge on any atom is -0.351 e. The van der Waals surface area contributed by atoms with E-state index in [1.807, 2.05) is 0 Å². The molecule has 0 spiro atoms. The summed E-state index contributed by atoms with van der Waals surface area (Å²) in [6.45, 7) is 3.71. The highest BCUT2D eigenvalue weighted by molar-refractivity contribution is 5.73. The van der Waals surface area contributed by atoms with Crippen LogP contribution in [0, 0.1) is 6.42 Å². The van der Waals surface area contributed by atoms with Gasteiger partial charge in [-0.25, -0.2) is 0 Å². The predicted molar refractivity (Wildman–Crippen MR) is 45.0 cm³/mol. The topological polar surface area (TPSA) is 29.1 Å². The van der Waals surface area contributed by atoms with Gasteiger partial charge >= 0.3 is 0 Å². The summed E-state index contributed by atoms with van der Waals surface area (Å²) in [5.41, 5.74) is 0.0700. The van der Waals surface area contributed by atoms with Crippen LogP contribution in [0.2, 0.25) is 0 Å². The molecule has 2 nitrogen and oxygen atoms in total. The molecule has 0 aromatic rings. The summed E-state index contributed by atoms with van der Waals surface area (Å²) >= 11 is 0. The quantitative estimate of drug-likeness (QED) is 0.611. The minimum atomic E-state index is 0.0700. The molecule has 1 saturated carbocycles. The molecule has 1 aliphatic carbocycles. The first-order valence-electron chi connectivity index (χ1n) is 4.23. The van der Waals surface area contributed by atoms with Crippen molar-refractivity contribution in [1.82, 2.24) is 5.32 Å². The first-order valence-corrected chi connectivity index (χ1v) is 4.23. The van der Waals surface area contributed by atoms with E-state index in [-0.39, 0.29) is 11.4 Å². The molecule has 0 bridgehead atoms. The molecule has 0 aliphatic heterocycles. The zero-order valence-electron chi connectivity index (χ0n) is 7.31. The van der Waals surface area contributed by atoms with Gasteiger partial charge in [-0.1, -0.05) is 0 Å². The van der Waals surface area contributed by atoms with Gasteiger partial charge in [-0.05, 0) is 39.0 Å². The van der Waals surface area contributed by atoms with E-state index in [0.29, 0.717) is 0 Å². The molecule has 11 heavy (non-hydrogen) atoms. The molecule has 0 aromatic carbocycles. The van der Waals surface area contributed by atoms with Gasteiger partial charge in [0.1, 0.15) is 0 Å². The summed E-state index contributed by atoms with van der Waals surface area (Å²) in [5, 5.41) is 3.00. The average Bonchev–Trinajstić information content (AvgIpc) is 1.85. The van der Waals surface area contributed by atoms with Crippen LogP contribution >= 0.6 is 0 Å². The summed E-state index contributed by atoms with van der Waals surface area (Å²) in [6.07, 6.45) is 6.75. The van der Waals surface area contributed by atoms with Crippen LogP contribution in [0.1, 0.15) is 39.5 Å². The van der Waals surface area contributed by atoms with Crippen LogP contribution < -0.4 is 5.32 Å². The van der Waals surface area contributed by atoms with Crippen molar-refractivity contribution in [2.24, 2.45) is 0 Å². The molecule has 1 amide bonds. The highest BCUT2D eigenvalue weighted by atomic mass is 16.1. The van der Waals surface area contributed by atoms with E-state index in [9.17, 15) is 4.79 Å². The Bertz CT molecular complexity index is 148. The lowest BCUT2D eigenvalue weighted by Crippen LogP contribution is -2.46. The largest absolute Gasteiger partial charge is 0.351 e. The molecular weight excluding hydrogens is 138 g/mol. The predicted octanol–water partition coefficient (Wildman–Crippen LogP) is 1.66. The molecule has 2 heteroatoms. The molecule has 1 aliphatic rings. The van der Waals surface area contributed by atoms with E-state index in [2.05, 4.69) is 18.7 Å². The van der Waals surface area contributed by atoms with E-state index >= 15 is 0 Å². The molecule has 0 heterocycles. The number of hydrogen-bond donors (Lipinski definition) is 1. The molecule has 0 aromatic heterocycles. The first-order chi connectivity index (χ1) is 5.12. The third-order valence-electron chi connectivity index (χ3n) is 2.28.